The molecule has 3 saturated carbocycles. The standard InChI is InChI=1S/C63H112O33/c1-2-9-80-35-22-36(81-10-4-3-5-11-82-37-28-42(87-18-20-91-62-58(78)54(74)50(70)46(33-66)95-62)30-43(29-37)88-19-21-92-63-59(79)55(75)51(71)47(34-67)96-63)24-38(23-35)83-12-6-13-84-39-25-40(85-14-7-16-89-60-56(76)52(72)48(68)44(31-64)93-60)27-41(26-39)86-15-8-17-90-61-57(77)53(73)49(69)45(32-65)94-61/h2,35-79H,1,3-34H2/t35?,36?,37?,38?,39?,40-,41+,42-,43+,44?,45?,46?,47?,48?,49?,50?,51?,52?,53?,54?,55?,56?,57?,58?,59?,60?,61?,62?,63?. The molecule has 0 aromatic rings. The van der Waals surface area contributed by atoms with Gasteiger partial charge in [0.2, 0.25) is 0 Å². The van der Waals surface area contributed by atoms with Crippen LogP contribution in [0.5, 0.6) is 0 Å². The van der Waals surface area contributed by atoms with Crippen molar-refractivity contribution in [3.05, 3.63) is 12.7 Å². The summed E-state index contributed by atoms with van der Waals surface area (Å²) in [5.41, 5.74) is 0. The van der Waals surface area contributed by atoms with Crippen molar-refractivity contribution in [3.63, 3.8) is 0 Å². The summed E-state index contributed by atoms with van der Waals surface area (Å²) in [6.45, 7) is 4.44. The molecule has 4 heterocycles. The van der Waals surface area contributed by atoms with Gasteiger partial charge in [-0.3, -0.25) is 0 Å². The lowest BCUT2D eigenvalue weighted by atomic mass is 9.92. The molecule has 4 saturated heterocycles. The van der Waals surface area contributed by atoms with E-state index in [1.54, 1.807) is 6.08 Å². The van der Waals surface area contributed by atoms with Crippen LogP contribution >= 0.6 is 0 Å². The summed E-state index contributed by atoms with van der Waals surface area (Å²) in [5.74, 6) is 0. The zero-order valence-electron chi connectivity index (χ0n) is 54.8. The van der Waals surface area contributed by atoms with Crippen LogP contribution in [0.3, 0.4) is 0 Å². The lowest BCUT2D eigenvalue weighted by Crippen LogP contribution is -2.59. The van der Waals surface area contributed by atoms with Gasteiger partial charge < -0.3 is 162 Å². The molecule has 96 heavy (non-hydrogen) atoms. The van der Waals surface area contributed by atoms with Crippen molar-refractivity contribution in [2.24, 2.45) is 0 Å². The molecule has 7 rings (SSSR count). The maximum absolute atomic E-state index is 10.4. The van der Waals surface area contributed by atoms with E-state index in [0.29, 0.717) is 110 Å². The van der Waals surface area contributed by atoms with E-state index >= 15 is 0 Å². The molecule has 25 unspecified atom stereocenters. The molecule has 0 radical (unpaired) electrons. The Balaban J connectivity index is 0.813. The SMILES string of the molecule is C=CCOC1CC(OCCCCCOC2C[C@@H](OCCOC3OC(CO)C(O)C(O)C3O)C[C@@H](OCCOC3OC(CO)C(O)C(O)C3O)C2)CC(OCCCOC2C[C@@H](OCCCOC3OC(CO)C(O)C(O)C3O)C[C@@H](OCCCOC3OC(CO)C(O)C(O)C3O)C2)C1. The third-order valence-corrected chi connectivity index (χ3v) is 18.4. The smallest absolute Gasteiger partial charge is 0.186 e. The third kappa shape index (κ3) is 25.4. The summed E-state index contributed by atoms with van der Waals surface area (Å²) < 4.78 is 101. The van der Waals surface area contributed by atoms with Crippen molar-refractivity contribution >= 4 is 0 Å². The second kappa shape index (κ2) is 43.5. The van der Waals surface area contributed by atoms with Crippen LogP contribution in [0.2, 0.25) is 0 Å². The summed E-state index contributed by atoms with van der Waals surface area (Å²) >= 11 is 0. The number of rotatable bonds is 43. The minimum atomic E-state index is -1.59. The highest BCUT2D eigenvalue weighted by Crippen LogP contribution is 2.32. The predicted octanol–water partition coefficient (Wildman–Crippen LogP) is -5.20. The molecule has 4 aliphatic heterocycles. The largest absolute Gasteiger partial charge is 0.394 e. The summed E-state index contributed by atoms with van der Waals surface area (Å²) in [7, 11) is 0. The van der Waals surface area contributed by atoms with Gasteiger partial charge in [0.05, 0.1) is 128 Å². The molecule has 0 aromatic carbocycles. The zero-order valence-corrected chi connectivity index (χ0v) is 54.8. The molecule has 0 spiro atoms. The first-order valence-corrected chi connectivity index (χ1v) is 34.2. The Hall–Kier alpha value is -1.58. The van der Waals surface area contributed by atoms with Crippen molar-refractivity contribution < 1.29 is 162 Å². The molecule has 562 valence electrons. The summed E-state index contributed by atoms with van der Waals surface area (Å²) in [5, 5.41) is 161. The average molecular weight is 1400 g/mol. The molecule has 3 aliphatic carbocycles. The van der Waals surface area contributed by atoms with E-state index < -0.39 is 149 Å². The quantitative estimate of drug-likeness (QED) is 0.0200. The zero-order chi connectivity index (χ0) is 69.1. The molecule has 7 aliphatic rings. The third-order valence-electron chi connectivity index (χ3n) is 18.4. The van der Waals surface area contributed by atoms with Gasteiger partial charge in [0.15, 0.2) is 25.2 Å². The maximum atomic E-state index is 10.4. The Morgan fingerprint density at radius 3 is 0.677 bits per heavy atom. The Kier molecular flexibility index (Phi) is 37.0. The van der Waals surface area contributed by atoms with E-state index in [2.05, 4.69) is 6.58 Å². The summed E-state index contributed by atoms with van der Waals surface area (Å²) in [4.78, 5) is 0. The first-order chi connectivity index (χ1) is 46.4. The van der Waals surface area contributed by atoms with Crippen LogP contribution in [0, 0.1) is 0 Å². The van der Waals surface area contributed by atoms with Crippen LogP contribution in [-0.4, -0.2) is 372 Å². The van der Waals surface area contributed by atoms with Gasteiger partial charge in [-0.1, -0.05) is 6.08 Å². The fourth-order valence-electron chi connectivity index (χ4n) is 13.0. The highest BCUT2D eigenvalue weighted by atomic mass is 16.7. The normalized spacial score (nSPS) is 41.0. The monoisotopic (exact) mass is 1400 g/mol. The highest BCUT2D eigenvalue weighted by molar-refractivity contribution is 4.93. The Morgan fingerprint density at radius 1 is 0.240 bits per heavy atom. The number of aliphatic hydroxyl groups excluding tert-OH is 16. The van der Waals surface area contributed by atoms with Crippen LogP contribution in [0.25, 0.3) is 0 Å². The number of unbranched alkanes of at least 4 members (excludes halogenated alkanes) is 2. The van der Waals surface area contributed by atoms with E-state index in [9.17, 15) is 81.7 Å². The molecule has 0 amide bonds. The molecule has 33 heteroatoms. The van der Waals surface area contributed by atoms with Gasteiger partial charge in [-0.15, -0.1) is 6.58 Å². The molecule has 7 fully saturated rings. The van der Waals surface area contributed by atoms with Gasteiger partial charge in [0, 0.05) is 39.6 Å². The predicted molar refractivity (Wildman–Crippen MR) is 326 cm³/mol. The second-order valence-corrected chi connectivity index (χ2v) is 25.7. The van der Waals surface area contributed by atoms with Crippen molar-refractivity contribution in [1.29, 1.82) is 0 Å². The molecule has 16 N–H and O–H groups in total. The Morgan fingerprint density at radius 2 is 0.438 bits per heavy atom. The minimum Gasteiger partial charge on any atom is -0.394 e. The topological polar surface area (TPSA) is 481 Å². The van der Waals surface area contributed by atoms with E-state index in [-0.39, 0.29) is 108 Å². The van der Waals surface area contributed by atoms with E-state index in [1.165, 1.54) is 0 Å². The van der Waals surface area contributed by atoms with E-state index in [4.69, 9.17) is 80.5 Å². The van der Waals surface area contributed by atoms with Gasteiger partial charge >= 0.3 is 0 Å². The average Bonchev–Trinajstić information content (AvgIpc) is 0.892. The molecular weight excluding hydrogens is 1280 g/mol. The van der Waals surface area contributed by atoms with E-state index in [1.807, 2.05) is 0 Å². The van der Waals surface area contributed by atoms with Crippen molar-refractivity contribution in [3.8, 4) is 0 Å². The van der Waals surface area contributed by atoms with Gasteiger partial charge in [-0.05, 0) is 96.3 Å². The molecule has 0 aromatic heterocycles. The van der Waals surface area contributed by atoms with Gasteiger partial charge in [0.1, 0.15) is 97.7 Å². The van der Waals surface area contributed by atoms with Gasteiger partial charge in [0.25, 0.3) is 0 Å². The molecule has 29 atom stereocenters. The van der Waals surface area contributed by atoms with Crippen LogP contribution in [0.4, 0.5) is 0 Å². The van der Waals surface area contributed by atoms with Crippen LogP contribution in [0.15, 0.2) is 12.7 Å². The van der Waals surface area contributed by atoms with Crippen LogP contribution in [0.1, 0.15) is 96.3 Å². The van der Waals surface area contributed by atoms with Crippen molar-refractivity contribution in [2.75, 3.05) is 112 Å². The number of hydrogen-bond acceptors (Lipinski definition) is 33. The second-order valence-electron chi connectivity index (χ2n) is 25.7. The summed E-state index contributed by atoms with van der Waals surface area (Å²) in [6, 6.07) is 0. The molecule has 33 nitrogen and oxygen atoms in total. The minimum absolute atomic E-state index is 0.0476. The van der Waals surface area contributed by atoms with Crippen molar-refractivity contribution in [1.82, 2.24) is 0 Å². The highest BCUT2D eigenvalue weighted by Gasteiger charge is 2.48. The maximum Gasteiger partial charge on any atom is 0.186 e. The van der Waals surface area contributed by atoms with Crippen LogP contribution in [-0.2, 0) is 80.5 Å². The Bertz CT molecular complexity index is 1950. The van der Waals surface area contributed by atoms with Crippen LogP contribution < -0.4 is 0 Å². The van der Waals surface area contributed by atoms with Gasteiger partial charge in [-0.25, -0.2) is 0 Å². The molecular formula is C63H112O33. The number of hydrogen-bond donors (Lipinski definition) is 16. The Labute approximate surface area is 559 Å². The molecule has 0 bridgehead atoms. The number of aliphatic hydroxyl groups is 16. The fourth-order valence-corrected chi connectivity index (χ4v) is 13.0. The van der Waals surface area contributed by atoms with Crippen molar-refractivity contribution in [2.45, 2.75) is 274 Å². The lowest BCUT2D eigenvalue weighted by Gasteiger charge is -2.40. The van der Waals surface area contributed by atoms with E-state index in [0.717, 1.165) is 19.3 Å². The number of ether oxygens (including phenoxy) is 17. The summed E-state index contributed by atoms with van der Waals surface area (Å²) in [6.07, 6.45) is -19.2. The van der Waals surface area contributed by atoms with Gasteiger partial charge in [-0.2, -0.15) is 0 Å². The first-order valence-electron chi connectivity index (χ1n) is 34.2. The first kappa shape index (κ1) is 81.7. The fraction of sp³-hybridized carbons (Fsp3) is 0.968. The lowest BCUT2D eigenvalue weighted by molar-refractivity contribution is -0.303.